The normalized spacial score (nSPS) is 23.8. The Kier molecular flexibility index (Phi) is 5.17. The molecule has 0 aliphatic heterocycles. The third-order valence-electron chi connectivity index (χ3n) is 7.15. The monoisotopic (exact) mass is 548 g/mol. The zero-order valence-electron chi connectivity index (χ0n) is 18.2. The number of allylic oxidation sites excluding steroid dienone is 2. The molecule has 1 heterocycles. The van der Waals surface area contributed by atoms with Gasteiger partial charge in [0, 0.05) is 24.1 Å². The van der Waals surface area contributed by atoms with Gasteiger partial charge in [-0.1, -0.05) is 47.5 Å². The standard InChI is InChI=1S/C24H16Cl2F6N2S/c1-33-18-19(34(2)20(33)35)22(13-5-9-15(26)10-6-13)11-21(18,12-3-7-14(25)8-4-12)16(23(27,28)29)17(22)24(30,31)32/h3-10H,11H2,1-2H3/t21-,22+. The van der Waals surface area contributed by atoms with Crippen LogP contribution in [0.5, 0.6) is 0 Å². The second-order valence-electron chi connectivity index (χ2n) is 8.84. The van der Waals surface area contributed by atoms with E-state index in [4.69, 9.17) is 35.4 Å². The van der Waals surface area contributed by atoms with Crippen molar-refractivity contribution in [3.8, 4) is 0 Å². The minimum atomic E-state index is -5.29. The Morgan fingerprint density at radius 3 is 1.29 bits per heavy atom. The van der Waals surface area contributed by atoms with Crippen LogP contribution in [-0.4, -0.2) is 21.5 Å². The molecule has 2 aromatic carbocycles. The third kappa shape index (κ3) is 3.07. The van der Waals surface area contributed by atoms with E-state index < -0.39 is 40.7 Å². The number of aromatic nitrogens is 2. The van der Waals surface area contributed by atoms with Crippen molar-refractivity contribution in [1.82, 2.24) is 9.13 Å². The van der Waals surface area contributed by atoms with Gasteiger partial charge in [-0.05, 0) is 54.0 Å². The first-order valence-electron chi connectivity index (χ1n) is 10.4. The molecule has 1 aromatic heterocycles. The molecule has 5 rings (SSSR count). The topological polar surface area (TPSA) is 9.86 Å². The molecule has 0 spiro atoms. The summed E-state index contributed by atoms with van der Waals surface area (Å²) in [5, 5.41) is 0.501. The molecule has 0 radical (unpaired) electrons. The van der Waals surface area contributed by atoms with Crippen LogP contribution in [0.1, 0.15) is 28.9 Å². The summed E-state index contributed by atoms with van der Waals surface area (Å²) >= 11 is 17.4. The van der Waals surface area contributed by atoms with Crippen LogP contribution < -0.4 is 0 Å². The molecule has 0 unspecified atom stereocenters. The Morgan fingerprint density at radius 2 is 1.00 bits per heavy atom. The fraction of sp³-hybridized carbons (Fsp3) is 0.292. The van der Waals surface area contributed by atoms with Crippen molar-refractivity contribution < 1.29 is 26.3 Å². The first-order valence-corrected chi connectivity index (χ1v) is 11.5. The van der Waals surface area contributed by atoms with E-state index in [1.54, 1.807) is 0 Å². The van der Waals surface area contributed by atoms with Gasteiger partial charge in [0.2, 0.25) is 0 Å². The molecule has 0 fully saturated rings. The van der Waals surface area contributed by atoms with E-state index in [-0.39, 0.29) is 37.3 Å². The molecule has 3 aromatic rings. The van der Waals surface area contributed by atoms with Crippen molar-refractivity contribution in [2.75, 3.05) is 0 Å². The van der Waals surface area contributed by atoms with Gasteiger partial charge in [-0.25, -0.2) is 0 Å². The Bertz CT molecular complexity index is 1340. The first-order chi connectivity index (χ1) is 16.2. The lowest BCUT2D eigenvalue weighted by atomic mass is 9.71. The van der Waals surface area contributed by atoms with Gasteiger partial charge in [0.15, 0.2) is 4.77 Å². The average Bonchev–Trinajstić information content (AvgIpc) is 3.34. The van der Waals surface area contributed by atoms with Crippen LogP contribution in [0.3, 0.4) is 0 Å². The quantitative estimate of drug-likeness (QED) is 0.180. The molecule has 2 bridgehead atoms. The SMILES string of the molecule is Cn1c2c(n(C)c1=S)[C@]1(c3ccc(Cl)cc3)C[C@@]2(c2ccc(Cl)cc2)C(C(F)(F)F)=C1C(F)(F)F. The average molecular weight is 549 g/mol. The van der Waals surface area contributed by atoms with E-state index >= 15 is 0 Å². The molecule has 0 saturated heterocycles. The maximum Gasteiger partial charge on any atom is 0.414 e. The highest BCUT2D eigenvalue weighted by atomic mass is 35.5. The minimum absolute atomic E-state index is 0.0572. The molecule has 184 valence electrons. The zero-order chi connectivity index (χ0) is 25.7. The molecule has 0 N–H and O–H groups in total. The van der Waals surface area contributed by atoms with E-state index in [1.807, 2.05) is 0 Å². The molecular weight excluding hydrogens is 533 g/mol. The van der Waals surface area contributed by atoms with Gasteiger partial charge in [-0.15, -0.1) is 0 Å². The highest BCUT2D eigenvalue weighted by Crippen LogP contribution is 2.72. The summed E-state index contributed by atoms with van der Waals surface area (Å²) in [5.41, 5.74) is -7.29. The Labute approximate surface area is 211 Å². The fourth-order valence-corrected chi connectivity index (χ4v) is 6.55. The molecule has 2 nitrogen and oxygen atoms in total. The molecule has 2 aliphatic rings. The molecule has 11 heteroatoms. The predicted molar refractivity (Wildman–Crippen MR) is 123 cm³/mol. The zero-order valence-corrected chi connectivity index (χ0v) is 20.5. The van der Waals surface area contributed by atoms with Crippen molar-refractivity contribution in [3.63, 3.8) is 0 Å². The highest BCUT2D eigenvalue weighted by molar-refractivity contribution is 7.71. The van der Waals surface area contributed by atoms with Crippen LogP contribution in [0.4, 0.5) is 26.3 Å². The van der Waals surface area contributed by atoms with Crippen LogP contribution >= 0.6 is 35.4 Å². The second-order valence-corrected chi connectivity index (χ2v) is 10.1. The summed E-state index contributed by atoms with van der Waals surface area (Å²) in [4.78, 5) is 0. The molecule has 2 aliphatic carbocycles. The first kappa shape index (κ1) is 24.5. The smallest absolute Gasteiger partial charge is 0.322 e. The van der Waals surface area contributed by atoms with Crippen LogP contribution in [0.2, 0.25) is 10.0 Å². The maximum absolute atomic E-state index is 14.8. The van der Waals surface area contributed by atoms with E-state index in [1.165, 1.54) is 71.8 Å². The number of rotatable bonds is 2. The lowest BCUT2D eigenvalue weighted by molar-refractivity contribution is -0.121. The Morgan fingerprint density at radius 1 is 0.686 bits per heavy atom. The Balaban J connectivity index is 2.06. The molecule has 2 atom stereocenters. The van der Waals surface area contributed by atoms with E-state index in [2.05, 4.69) is 0 Å². The van der Waals surface area contributed by atoms with Crippen LogP contribution in [0.15, 0.2) is 59.7 Å². The van der Waals surface area contributed by atoms with Crippen molar-refractivity contribution >= 4 is 35.4 Å². The highest BCUT2D eigenvalue weighted by Gasteiger charge is 2.75. The van der Waals surface area contributed by atoms with Gasteiger partial charge in [-0.2, -0.15) is 26.3 Å². The molecule has 0 saturated carbocycles. The summed E-state index contributed by atoms with van der Waals surface area (Å²) in [7, 11) is 2.96. The third-order valence-corrected chi connectivity index (χ3v) is 8.20. The van der Waals surface area contributed by atoms with E-state index in [0.717, 1.165) is 0 Å². The van der Waals surface area contributed by atoms with Gasteiger partial charge in [-0.3, -0.25) is 0 Å². The molecule has 0 amide bonds. The van der Waals surface area contributed by atoms with Crippen molar-refractivity contribution in [1.29, 1.82) is 0 Å². The van der Waals surface area contributed by atoms with E-state index in [9.17, 15) is 26.3 Å². The van der Waals surface area contributed by atoms with Crippen molar-refractivity contribution in [2.45, 2.75) is 29.6 Å². The lowest BCUT2D eigenvalue weighted by Gasteiger charge is -2.36. The number of halogens is 8. The predicted octanol–water partition coefficient (Wildman–Crippen LogP) is 7.81. The summed E-state index contributed by atoms with van der Waals surface area (Å²) in [6, 6.07) is 10.9. The minimum Gasteiger partial charge on any atom is -0.322 e. The number of alkyl halides is 6. The van der Waals surface area contributed by atoms with Gasteiger partial charge in [0.25, 0.3) is 0 Å². The van der Waals surface area contributed by atoms with Crippen molar-refractivity contribution in [2.24, 2.45) is 14.1 Å². The summed E-state index contributed by atoms with van der Waals surface area (Å²) in [6.07, 6.45) is -11.1. The number of hydrogen-bond donors (Lipinski definition) is 0. The summed E-state index contributed by atoms with van der Waals surface area (Å²) < 4.78 is 91.9. The summed E-state index contributed by atoms with van der Waals surface area (Å²) in [5.74, 6) is 0. The molecular formula is C24H16Cl2F6N2S. The van der Waals surface area contributed by atoms with Crippen molar-refractivity contribution in [3.05, 3.63) is 97.0 Å². The van der Waals surface area contributed by atoms with Crippen LogP contribution in [-0.2, 0) is 24.9 Å². The maximum atomic E-state index is 14.8. The molecule has 35 heavy (non-hydrogen) atoms. The van der Waals surface area contributed by atoms with Gasteiger partial charge < -0.3 is 9.13 Å². The number of hydrogen-bond acceptors (Lipinski definition) is 1. The van der Waals surface area contributed by atoms with Crippen LogP contribution in [0.25, 0.3) is 0 Å². The number of nitrogens with zero attached hydrogens (tertiary/aromatic N) is 2. The second kappa shape index (κ2) is 7.40. The van der Waals surface area contributed by atoms with Gasteiger partial charge in [0.05, 0.1) is 33.4 Å². The van der Waals surface area contributed by atoms with Crippen LogP contribution in [0, 0.1) is 4.77 Å². The fourth-order valence-electron chi connectivity index (χ4n) is 6.12. The number of fused-ring (bicyclic) bond motifs is 5. The largest absolute Gasteiger partial charge is 0.414 e. The van der Waals surface area contributed by atoms with Gasteiger partial charge in [0.1, 0.15) is 0 Å². The van der Waals surface area contributed by atoms with E-state index in [0.29, 0.717) is 0 Å². The number of benzene rings is 2. The Hall–Kier alpha value is -2.23. The summed E-state index contributed by atoms with van der Waals surface area (Å²) in [6.45, 7) is 0. The van der Waals surface area contributed by atoms with Gasteiger partial charge >= 0.3 is 12.4 Å². The number of imidazole rings is 1. The lowest BCUT2D eigenvalue weighted by Crippen LogP contribution is -2.40.